The molecule has 3 rings (SSSR count). The van der Waals surface area contributed by atoms with Gasteiger partial charge in [0.25, 0.3) is 0 Å². The first-order chi connectivity index (χ1) is 9.22. The molecule has 1 N–H and O–H groups in total. The zero-order chi connectivity index (χ0) is 13.2. The SMILES string of the molecule is CN1CCN(CC(O)c2cc3ccccc3o2)CC1. The summed E-state index contributed by atoms with van der Waals surface area (Å²) in [6, 6.07) is 9.80. The van der Waals surface area contributed by atoms with Crippen LogP contribution in [0, 0.1) is 0 Å². The highest BCUT2D eigenvalue weighted by Gasteiger charge is 2.20. The van der Waals surface area contributed by atoms with Crippen LogP contribution in [0.5, 0.6) is 0 Å². The van der Waals surface area contributed by atoms with Crippen LogP contribution in [0.1, 0.15) is 11.9 Å². The molecule has 1 saturated heterocycles. The maximum atomic E-state index is 10.3. The highest BCUT2D eigenvalue weighted by molar-refractivity contribution is 5.77. The summed E-state index contributed by atoms with van der Waals surface area (Å²) in [4.78, 5) is 4.60. The average Bonchev–Trinajstić information content (AvgIpc) is 2.85. The minimum absolute atomic E-state index is 0.546. The highest BCUT2D eigenvalue weighted by Crippen LogP contribution is 2.24. The number of β-amino-alcohol motifs (C(OH)–C–C–N with tert-alkyl or cyclic N) is 1. The van der Waals surface area contributed by atoms with Crippen LogP contribution in [0.2, 0.25) is 0 Å². The number of benzene rings is 1. The van der Waals surface area contributed by atoms with Gasteiger partial charge in [-0.15, -0.1) is 0 Å². The molecule has 19 heavy (non-hydrogen) atoms. The Morgan fingerprint density at radius 1 is 1.21 bits per heavy atom. The van der Waals surface area contributed by atoms with Crippen LogP contribution in [0.25, 0.3) is 11.0 Å². The van der Waals surface area contributed by atoms with E-state index < -0.39 is 6.10 Å². The minimum Gasteiger partial charge on any atom is -0.458 e. The summed E-state index contributed by atoms with van der Waals surface area (Å²) in [6.45, 7) is 4.79. The lowest BCUT2D eigenvalue weighted by molar-refractivity contribution is 0.0692. The van der Waals surface area contributed by atoms with Crippen molar-refractivity contribution in [3.8, 4) is 0 Å². The maximum Gasteiger partial charge on any atom is 0.135 e. The van der Waals surface area contributed by atoms with Crippen molar-refractivity contribution in [1.29, 1.82) is 0 Å². The number of aliphatic hydroxyl groups is 1. The Labute approximate surface area is 113 Å². The van der Waals surface area contributed by atoms with Gasteiger partial charge in [0.15, 0.2) is 0 Å². The third-order valence-corrected chi connectivity index (χ3v) is 3.80. The summed E-state index contributed by atoms with van der Waals surface area (Å²) in [7, 11) is 2.13. The van der Waals surface area contributed by atoms with Crippen molar-refractivity contribution in [1.82, 2.24) is 9.80 Å². The van der Waals surface area contributed by atoms with E-state index in [2.05, 4.69) is 16.8 Å². The summed E-state index contributed by atoms with van der Waals surface area (Å²) >= 11 is 0. The van der Waals surface area contributed by atoms with Gasteiger partial charge >= 0.3 is 0 Å². The molecule has 0 spiro atoms. The quantitative estimate of drug-likeness (QED) is 0.912. The summed E-state index contributed by atoms with van der Waals surface area (Å²) in [5.74, 6) is 0.667. The Morgan fingerprint density at radius 3 is 2.68 bits per heavy atom. The number of hydrogen-bond acceptors (Lipinski definition) is 4. The number of hydrogen-bond donors (Lipinski definition) is 1. The van der Waals surface area contributed by atoms with Crippen LogP contribution in [0.3, 0.4) is 0 Å². The van der Waals surface area contributed by atoms with Crippen molar-refractivity contribution in [3.63, 3.8) is 0 Å². The van der Waals surface area contributed by atoms with Gasteiger partial charge in [0, 0.05) is 38.1 Å². The third-order valence-electron chi connectivity index (χ3n) is 3.80. The molecule has 4 nitrogen and oxygen atoms in total. The molecule has 1 fully saturated rings. The van der Waals surface area contributed by atoms with Crippen molar-refractivity contribution < 1.29 is 9.52 Å². The number of rotatable bonds is 3. The molecule has 1 aliphatic rings. The van der Waals surface area contributed by atoms with Crippen molar-refractivity contribution >= 4 is 11.0 Å². The Bertz CT molecular complexity index is 511. The number of likely N-dealkylation sites (N-methyl/N-ethyl adjacent to an activating group) is 1. The maximum absolute atomic E-state index is 10.3. The topological polar surface area (TPSA) is 39.9 Å². The molecule has 102 valence electrons. The summed E-state index contributed by atoms with van der Waals surface area (Å²) in [5, 5.41) is 11.3. The Hall–Kier alpha value is -1.36. The summed E-state index contributed by atoms with van der Waals surface area (Å²) in [6.07, 6.45) is -0.546. The fourth-order valence-electron chi connectivity index (χ4n) is 2.53. The molecule has 2 heterocycles. The summed E-state index contributed by atoms with van der Waals surface area (Å²) < 4.78 is 5.71. The predicted octanol–water partition coefficient (Wildman–Crippen LogP) is 1.71. The van der Waals surface area contributed by atoms with Crippen molar-refractivity contribution in [2.45, 2.75) is 6.10 Å². The van der Waals surface area contributed by atoms with Gasteiger partial charge in [-0.25, -0.2) is 0 Å². The number of furan rings is 1. The zero-order valence-electron chi connectivity index (χ0n) is 11.2. The fraction of sp³-hybridized carbons (Fsp3) is 0.467. The number of nitrogens with zero attached hydrogens (tertiary/aromatic N) is 2. The van der Waals surface area contributed by atoms with Gasteiger partial charge in [-0.05, 0) is 19.2 Å². The van der Waals surface area contributed by atoms with Crippen molar-refractivity contribution in [3.05, 3.63) is 36.1 Å². The van der Waals surface area contributed by atoms with Crippen LogP contribution < -0.4 is 0 Å². The molecule has 1 aromatic carbocycles. The predicted molar refractivity (Wildman–Crippen MR) is 75.1 cm³/mol. The molecular formula is C15H20N2O2. The molecule has 1 unspecified atom stereocenters. The molecular weight excluding hydrogens is 240 g/mol. The molecule has 2 aromatic rings. The summed E-state index contributed by atoms with van der Waals surface area (Å²) in [5.41, 5.74) is 0.843. The monoisotopic (exact) mass is 260 g/mol. The Morgan fingerprint density at radius 2 is 1.95 bits per heavy atom. The second kappa shape index (κ2) is 5.33. The van der Waals surface area contributed by atoms with Gasteiger partial charge in [-0.3, -0.25) is 4.90 Å². The molecule has 1 aliphatic heterocycles. The molecule has 0 bridgehead atoms. The smallest absolute Gasteiger partial charge is 0.135 e. The van der Waals surface area contributed by atoms with Crippen molar-refractivity contribution in [2.24, 2.45) is 0 Å². The second-order valence-corrected chi connectivity index (χ2v) is 5.31. The fourth-order valence-corrected chi connectivity index (χ4v) is 2.53. The molecule has 0 aliphatic carbocycles. The molecule has 0 amide bonds. The Kier molecular flexibility index (Phi) is 3.55. The van der Waals surface area contributed by atoms with Crippen LogP contribution in [0.4, 0.5) is 0 Å². The third kappa shape index (κ3) is 2.81. The normalized spacial score (nSPS) is 19.9. The lowest BCUT2D eigenvalue weighted by atomic mass is 10.2. The molecule has 0 radical (unpaired) electrons. The number of aliphatic hydroxyl groups excluding tert-OH is 1. The van der Waals surface area contributed by atoms with Crippen molar-refractivity contribution in [2.75, 3.05) is 39.8 Å². The van der Waals surface area contributed by atoms with Gasteiger partial charge in [0.05, 0.1) is 0 Å². The van der Waals surface area contributed by atoms with Gasteiger partial charge < -0.3 is 14.4 Å². The standard InChI is InChI=1S/C15H20N2O2/c1-16-6-8-17(9-7-16)11-13(18)15-10-12-4-2-3-5-14(12)19-15/h2-5,10,13,18H,6-9,11H2,1H3. The van der Waals surface area contributed by atoms with Crippen LogP contribution >= 0.6 is 0 Å². The van der Waals surface area contributed by atoms with E-state index in [0.717, 1.165) is 37.1 Å². The second-order valence-electron chi connectivity index (χ2n) is 5.31. The van der Waals surface area contributed by atoms with E-state index in [0.29, 0.717) is 12.3 Å². The zero-order valence-corrected chi connectivity index (χ0v) is 11.2. The molecule has 1 atom stereocenters. The number of piperazine rings is 1. The van der Waals surface area contributed by atoms with Gasteiger partial charge in [0.2, 0.25) is 0 Å². The number of para-hydroxylation sites is 1. The largest absolute Gasteiger partial charge is 0.458 e. The van der Waals surface area contributed by atoms with E-state index in [4.69, 9.17) is 4.42 Å². The Balaban J connectivity index is 1.68. The highest BCUT2D eigenvalue weighted by atomic mass is 16.4. The van der Waals surface area contributed by atoms with E-state index in [1.165, 1.54) is 0 Å². The van der Waals surface area contributed by atoms with Gasteiger partial charge in [-0.1, -0.05) is 18.2 Å². The average molecular weight is 260 g/mol. The van der Waals surface area contributed by atoms with E-state index >= 15 is 0 Å². The molecule has 4 heteroatoms. The van der Waals surface area contributed by atoms with Gasteiger partial charge in [0.1, 0.15) is 17.4 Å². The van der Waals surface area contributed by atoms with E-state index in [9.17, 15) is 5.11 Å². The van der Waals surface area contributed by atoms with Crippen LogP contribution in [-0.2, 0) is 0 Å². The van der Waals surface area contributed by atoms with E-state index in [1.54, 1.807) is 0 Å². The first kappa shape index (κ1) is 12.7. The van der Waals surface area contributed by atoms with Crippen LogP contribution in [-0.4, -0.2) is 54.7 Å². The van der Waals surface area contributed by atoms with E-state index in [1.807, 2.05) is 30.3 Å². The minimum atomic E-state index is -0.546. The lowest BCUT2D eigenvalue weighted by Gasteiger charge is -2.33. The molecule has 1 aromatic heterocycles. The first-order valence-electron chi connectivity index (χ1n) is 6.80. The van der Waals surface area contributed by atoms with Gasteiger partial charge in [-0.2, -0.15) is 0 Å². The number of fused-ring (bicyclic) bond motifs is 1. The lowest BCUT2D eigenvalue weighted by Crippen LogP contribution is -2.45. The molecule has 0 saturated carbocycles. The first-order valence-corrected chi connectivity index (χ1v) is 6.80. The van der Waals surface area contributed by atoms with Crippen LogP contribution in [0.15, 0.2) is 34.7 Å². The van der Waals surface area contributed by atoms with E-state index in [-0.39, 0.29) is 0 Å².